The Morgan fingerprint density at radius 1 is 0.490 bits per heavy atom. The number of fused-ring (bicyclic) bond motifs is 6. The summed E-state index contributed by atoms with van der Waals surface area (Å²) >= 11 is 17.0. The minimum absolute atomic E-state index is 0.0267. The lowest BCUT2D eigenvalue weighted by Crippen LogP contribution is -2.41. The summed E-state index contributed by atoms with van der Waals surface area (Å²) in [5.74, 6) is -1.51. The van der Waals surface area contributed by atoms with Crippen LogP contribution in [0.5, 0.6) is 0 Å². The van der Waals surface area contributed by atoms with Gasteiger partial charge in [-0.25, -0.2) is 18.6 Å². The maximum absolute atomic E-state index is 13.7. The number of alkyl halides is 9. The molecule has 16 rings (SSSR count). The number of anilines is 6. The molecule has 0 radical (unpaired) electrons. The Hall–Kier alpha value is -11.6. The maximum Gasteiger partial charge on any atom is 0.497 e. The summed E-state index contributed by atoms with van der Waals surface area (Å²) < 4.78 is 182. The number of hydrogen-bond donors (Lipinski definition) is 6. The number of benzene rings is 7. The first kappa shape index (κ1) is 117. The van der Waals surface area contributed by atoms with Crippen LogP contribution in [0.4, 0.5) is 83.2 Å². The van der Waals surface area contributed by atoms with E-state index < -0.39 is 77.0 Å². The Balaban J connectivity index is 0.000000188. The third kappa shape index (κ3) is 29.0. The first-order valence-corrected chi connectivity index (χ1v) is 48.0. The lowest BCUT2D eigenvalue weighted by atomic mass is 9.78. The van der Waals surface area contributed by atoms with E-state index in [2.05, 4.69) is 221 Å². The van der Waals surface area contributed by atoms with E-state index in [0.717, 1.165) is 94.1 Å². The Morgan fingerprint density at radius 2 is 0.848 bits per heavy atom. The highest BCUT2D eigenvalue weighted by Crippen LogP contribution is 2.42. The average molecular weight is 2350 g/mol. The van der Waals surface area contributed by atoms with Gasteiger partial charge in [0.1, 0.15) is 28.5 Å². The predicted octanol–water partition coefficient (Wildman–Crippen LogP) is 19.8. The lowest BCUT2D eigenvalue weighted by molar-refractivity contribution is -0.201. The number of para-hydroxylation sites is 6. The summed E-state index contributed by atoms with van der Waals surface area (Å²) in [6.07, 6.45) is -14.8. The van der Waals surface area contributed by atoms with Crippen molar-refractivity contribution >= 4 is 235 Å². The van der Waals surface area contributed by atoms with Crippen molar-refractivity contribution in [2.24, 2.45) is 42.3 Å². The summed E-state index contributed by atoms with van der Waals surface area (Å²) in [6.45, 7) is 25.6. The molecule has 7 aromatic heterocycles. The lowest BCUT2D eigenvalue weighted by Gasteiger charge is -2.32. The molecule has 2 aliphatic rings. The number of aliphatic hydroxyl groups is 1. The van der Waals surface area contributed by atoms with Gasteiger partial charge in [-0.2, -0.15) is 70.1 Å². The molecule has 0 bridgehead atoms. The molecule has 0 spiro atoms. The molecule has 7 N–H and O–H groups in total. The molecule has 776 valence electrons. The fourth-order valence-corrected chi connectivity index (χ4v) is 17.7. The Labute approximate surface area is 870 Å². The zero-order valence-electron chi connectivity index (χ0n) is 83.2. The first-order chi connectivity index (χ1) is 67.1. The van der Waals surface area contributed by atoms with Crippen molar-refractivity contribution in [2.45, 2.75) is 168 Å². The van der Waals surface area contributed by atoms with Gasteiger partial charge in [-0.1, -0.05) is 54.5 Å². The number of esters is 3. The Kier molecular flexibility index (Phi) is 37.6. The van der Waals surface area contributed by atoms with Gasteiger partial charge in [-0.05, 0) is 272 Å². The quantitative estimate of drug-likeness (QED) is 0.0217. The number of ether oxygens (including phenoxy) is 2. The number of nitrogen functional groups attached to an aromatic ring is 1. The number of halogens is 16. The molecule has 2 fully saturated rings. The molecule has 2 amide bonds. The molecule has 14 aromatic rings. The van der Waals surface area contributed by atoms with Gasteiger partial charge in [0.15, 0.2) is 34.9 Å². The monoisotopic (exact) mass is 2340 g/mol. The van der Waals surface area contributed by atoms with Crippen LogP contribution in [0, 0.1) is 23.5 Å². The number of pyridine rings is 1. The number of carbonyl (C=O) groups excluding carboxylic acids is 5. The van der Waals surface area contributed by atoms with E-state index >= 15 is 0 Å². The van der Waals surface area contributed by atoms with Crippen LogP contribution in [0.1, 0.15) is 126 Å². The number of nitrogens with one attached hydrogen (secondary N) is 4. The fourth-order valence-electron chi connectivity index (χ4n) is 14.7. The average Bonchev–Trinajstić information content (AvgIpc) is 1.60. The summed E-state index contributed by atoms with van der Waals surface area (Å²) in [7, 11) is 16.8. The highest BCUT2D eigenvalue weighted by atomic mass is 79.9. The van der Waals surface area contributed by atoms with Gasteiger partial charge in [0.25, 0.3) is 0 Å². The zero-order chi connectivity index (χ0) is 109. The molecule has 31 nitrogen and oxygen atoms in total. The number of aromatic nitrogens is 13. The smallest absolute Gasteiger partial charge is 0.460 e. The van der Waals surface area contributed by atoms with Crippen LogP contribution in [-0.4, -0.2) is 193 Å². The number of nitrogens with two attached hydrogens (primary N) is 1. The Bertz CT molecular complexity index is 7010. The molecule has 1 atom stereocenters. The molecule has 0 unspecified atom stereocenters. The maximum atomic E-state index is 13.7. The minimum atomic E-state index is -5.09. The standard InChI is InChI=1S/C24H26BrF2NO3.2C15H22BN3O2.C11H9BrF3N3O.C10H7BrF3N3O.C9H10BrN3.C8H8BrN3.C4H3F3O3/c1-23(2,3)31-21(29)13-16(10-15-11-17(26)14-18(27)12-15)22-20(25)7-6-19(28-22)8-9-24(4,5)30;2*1-14(2)15(3,4)21-16(20-14)11-9-7-8-10-12(11)19(6)18-13(10)17-5;1-17(10(19)11(13,14)15)9-6-4-3-5-7(12)8(6)18(2)16-9;1-17-7-5(3-2-4-6(7)11)8(16-17)15-9(18)10(12,13)14;1-11-9-6-4-3-5-7(10)8(6)13(2)12-9;1-12-7-5(8(10)11-12)3-2-4-6(7)9;1-2(8)10-3(9)4(5,6)7/h6-7,11-12,14,16,30H,10,13H2,1-5H3;2*7-9H,1-6H3,(H,17,18);3-5H,1-2H3;2-4H,1H3,(H,15,16,18);3-5H,1-2H3,(H,11,12);2-4H,1H3,(H2,10,11);1H3/t16-;;;;;;;/m1......./s1. The summed E-state index contributed by atoms with van der Waals surface area (Å²) in [5.41, 5.74) is 11.3. The second-order valence-corrected chi connectivity index (χ2v) is 40.6. The summed E-state index contributed by atoms with van der Waals surface area (Å²) in [4.78, 5) is 59.2. The van der Waals surface area contributed by atoms with Crippen LogP contribution in [0.25, 0.3) is 65.4 Å². The SMILES string of the molecule is CC(=O)OC(=O)C(F)(F)F.CC(C)(O)C#Cc1ccc(Br)c([C@@H](CC(=O)OC(C)(C)C)Cc2cc(F)cc(F)c2)n1.CN(C(=O)C(F)(F)F)c1nn(C)c2c(Br)cccc12.CNc1nn(C)c2c(B3OC(C)(C)C(C)(C)O3)cccc12.CNc1nn(C)c2c(B3OC(C)(C)C(C)(C)O3)cccc12.CNc1nn(C)c2c(Br)cccc12.Cn1nc(N)c2cccc(Br)c21.Cn1nc(NC(=O)C(F)(F)F)c2cccc(Br)c21. The molecule has 145 heavy (non-hydrogen) atoms. The highest BCUT2D eigenvalue weighted by Gasteiger charge is 2.54. The van der Waals surface area contributed by atoms with Gasteiger partial charge < -0.3 is 60.2 Å². The van der Waals surface area contributed by atoms with Gasteiger partial charge >= 0.3 is 62.5 Å². The van der Waals surface area contributed by atoms with E-state index in [4.69, 9.17) is 29.1 Å². The van der Waals surface area contributed by atoms with Crippen LogP contribution in [0.15, 0.2) is 162 Å². The molecule has 49 heteroatoms. The van der Waals surface area contributed by atoms with E-state index in [1.165, 1.54) is 21.5 Å². The van der Waals surface area contributed by atoms with Crippen LogP contribution < -0.4 is 42.8 Å². The predicted molar refractivity (Wildman–Crippen MR) is 555 cm³/mol. The summed E-state index contributed by atoms with van der Waals surface area (Å²) in [6, 6.07) is 40.9. The molecule has 0 aliphatic carbocycles. The van der Waals surface area contributed by atoms with E-state index in [1.807, 2.05) is 118 Å². The molecule has 9 heterocycles. The van der Waals surface area contributed by atoms with Crippen molar-refractivity contribution in [3.05, 3.63) is 190 Å². The number of carbonyl (C=O) groups is 5. The topological polar surface area (TPSA) is 358 Å². The van der Waals surface area contributed by atoms with E-state index in [9.17, 15) is 77.4 Å². The highest BCUT2D eigenvalue weighted by molar-refractivity contribution is 9.11. The Morgan fingerprint density at radius 3 is 1.22 bits per heavy atom. The van der Waals surface area contributed by atoms with E-state index in [0.29, 0.717) is 69.8 Å². The first-order valence-electron chi connectivity index (χ1n) is 44.0. The van der Waals surface area contributed by atoms with Crippen molar-refractivity contribution in [1.29, 1.82) is 0 Å². The van der Waals surface area contributed by atoms with Crippen molar-refractivity contribution in [2.75, 3.05) is 60.1 Å². The van der Waals surface area contributed by atoms with E-state index in [1.54, 1.807) is 107 Å². The van der Waals surface area contributed by atoms with Gasteiger partial charge in [0, 0.05) is 155 Å². The van der Waals surface area contributed by atoms with Crippen LogP contribution >= 0.6 is 79.6 Å². The van der Waals surface area contributed by atoms with Crippen LogP contribution in [-0.2, 0) is 101 Å². The second kappa shape index (κ2) is 46.6. The normalized spacial score (nSPS) is 14.2. The largest absolute Gasteiger partial charge is 0.497 e. The summed E-state index contributed by atoms with van der Waals surface area (Å²) in [5, 5.41) is 51.4. The van der Waals surface area contributed by atoms with Crippen molar-refractivity contribution in [1.82, 2.24) is 63.7 Å². The zero-order valence-corrected chi connectivity index (χ0v) is 91.2. The number of nitrogens with zero attached hydrogens (tertiary/aromatic N) is 14. The van der Waals surface area contributed by atoms with Gasteiger partial charge in [0.05, 0.1) is 67.6 Å². The van der Waals surface area contributed by atoms with Crippen molar-refractivity contribution < 1.29 is 105 Å². The van der Waals surface area contributed by atoms with Crippen LogP contribution in [0.3, 0.4) is 0 Å². The van der Waals surface area contributed by atoms with Gasteiger partial charge in [-0.3, -0.25) is 52.2 Å². The van der Waals surface area contributed by atoms with Crippen molar-refractivity contribution in [3.63, 3.8) is 0 Å². The second-order valence-electron chi connectivity index (χ2n) is 36.3. The van der Waals surface area contributed by atoms with Crippen molar-refractivity contribution in [3.8, 4) is 11.8 Å². The molecular formula is C96H107B2Br5F11N19O12. The number of hydrogen-bond acceptors (Lipinski definition) is 23. The fraction of sp³-hybridized carbons (Fsp3) is 0.375. The number of amides is 2. The molecule has 7 aromatic carbocycles. The molecule has 0 saturated carbocycles. The van der Waals surface area contributed by atoms with Gasteiger partial charge in [-0.15, -0.1) is 0 Å². The van der Waals surface area contributed by atoms with Gasteiger partial charge in [0.2, 0.25) is 0 Å². The minimum Gasteiger partial charge on any atom is -0.460 e. The third-order valence-electron chi connectivity index (χ3n) is 22.6. The third-order valence-corrected chi connectivity index (χ3v) is 25.8. The molecule has 2 aliphatic heterocycles. The van der Waals surface area contributed by atoms with E-state index in [-0.39, 0.29) is 61.1 Å². The molecule has 2 saturated heterocycles. The number of rotatable bonds is 12. The molecular weight excluding hydrogens is 2240 g/mol. The number of aryl methyl sites for hydroxylation is 6. The van der Waals surface area contributed by atoms with Crippen LogP contribution in [0.2, 0.25) is 0 Å².